The van der Waals surface area contributed by atoms with E-state index in [-0.39, 0.29) is 30.5 Å². The number of amides is 1. The molecule has 1 fully saturated rings. The minimum Gasteiger partial charge on any atom is -0.394 e. The van der Waals surface area contributed by atoms with Gasteiger partial charge < -0.3 is 16.2 Å². The number of carbonyl (C=O) groups excluding carboxylic acids is 1. The van der Waals surface area contributed by atoms with Gasteiger partial charge in [-0.1, -0.05) is 19.3 Å². The fraction of sp³-hybridized carbons (Fsp3) is 0.909. The van der Waals surface area contributed by atoms with Crippen molar-refractivity contribution in [3.63, 3.8) is 0 Å². The first kappa shape index (κ1) is 12.5. The van der Waals surface area contributed by atoms with Gasteiger partial charge in [-0.2, -0.15) is 0 Å². The summed E-state index contributed by atoms with van der Waals surface area (Å²) in [5.74, 6) is -0.0625. The van der Waals surface area contributed by atoms with Crippen molar-refractivity contribution in [1.29, 1.82) is 0 Å². The number of nitrogens with two attached hydrogens (primary N) is 1. The van der Waals surface area contributed by atoms with E-state index >= 15 is 0 Å². The molecule has 0 aromatic rings. The van der Waals surface area contributed by atoms with Crippen LogP contribution in [0.2, 0.25) is 0 Å². The molecule has 0 aromatic carbocycles. The third-order valence-corrected chi connectivity index (χ3v) is 3.07. The molecular weight excluding hydrogens is 192 g/mol. The number of aliphatic hydroxyl groups excluding tert-OH is 1. The van der Waals surface area contributed by atoms with Gasteiger partial charge in [0, 0.05) is 12.1 Å². The standard InChI is InChI=1S/C11H22N2O2/c1-8(7-14)13-11(15)9-5-3-2-4-6-10(9)12/h8-10,14H,2-7,12H2,1H3,(H,13,15)/t8-,9?,10?/m1/s1. The Morgan fingerprint density at radius 3 is 2.80 bits per heavy atom. The smallest absolute Gasteiger partial charge is 0.224 e. The molecule has 0 heterocycles. The summed E-state index contributed by atoms with van der Waals surface area (Å²) < 4.78 is 0. The fourth-order valence-corrected chi connectivity index (χ4v) is 2.06. The van der Waals surface area contributed by atoms with Gasteiger partial charge in [-0.15, -0.1) is 0 Å². The summed E-state index contributed by atoms with van der Waals surface area (Å²) in [5, 5.41) is 11.6. The summed E-state index contributed by atoms with van der Waals surface area (Å²) in [6, 6.07) is -0.189. The van der Waals surface area contributed by atoms with Crippen LogP contribution in [0.15, 0.2) is 0 Å². The lowest BCUT2D eigenvalue weighted by Crippen LogP contribution is -2.45. The Morgan fingerprint density at radius 1 is 1.47 bits per heavy atom. The van der Waals surface area contributed by atoms with Gasteiger partial charge in [-0.3, -0.25) is 4.79 Å². The van der Waals surface area contributed by atoms with E-state index in [1.807, 2.05) is 0 Å². The molecule has 0 spiro atoms. The Bertz CT molecular complexity index is 209. The molecule has 1 saturated carbocycles. The van der Waals surface area contributed by atoms with E-state index in [0.29, 0.717) is 0 Å². The maximum absolute atomic E-state index is 11.8. The van der Waals surface area contributed by atoms with Crippen molar-refractivity contribution in [2.24, 2.45) is 11.7 Å². The SMILES string of the molecule is C[C@H](CO)NC(=O)C1CCCCCC1N. The lowest BCUT2D eigenvalue weighted by Gasteiger charge is -2.22. The number of carbonyl (C=O) groups is 1. The zero-order valence-corrected chi connectivity index (χ0v) is 9.41. The van der Waals surface area contributed by atoms with E-state index in [0.717, 1.165) is 25.7 Å². The van der Waals surface area contributed by atoms with Crippen molar-refractivity contribution in [3.8, 4) is 0 Å². The van der Waals surface area contributed by atoms with Gasteiger partial charge >= 0.3 is 0 Å². The number of hydrogen-bond acceptors (Lipinski definition) is 3. The molecule has 1 aliphatic rings. The van der Waals surface area contributed by atoms with Gasteiger partial charge in [-0.05, 0) is 19.8 Å². The van der Waals surface area contributed by atoms with Gasteiger partial charge in [0.25, 0.3) is 0 Å². The number of aliphatic hydroxyl groups is 1. The second-order valence-corrected chi connectivity index (χ2v) is 4.50. The molecule has 1 rings (SSSR count). The van der Waals surface area contributed by atoms with Gasteiger partial charge in [-0.25, -0.2) is 0 Å². The highest BCUT2D eigenvalue weighted by Gasteiger charge is 2.27. The van der Waals surface area contributed by atoms with Crippen LogP contribution in [-0.2, 0) is 4.79 Å². The van der Waals surface area contributed by atoms with Crippen LogP contribution in [-0.4, -0.2) is 29.7 Å². The molecule has 0 aliphatic heterocycles. The quantitative estimate of drug-likeness (QED) is 0.595. The van der Waals surface area contributed by atoms with Crippen molar-refractivity contribution in [3.05, 3.63) is 0 Å². The van der Waals surface area contributed by atoms with Crippen LogP contribution in [0.25, 0.3) is 0 Å². The summed E-state index contributed by atoms with van der Waals surface area (Å²) >= 11 is 0. The molecule has 88 valence electrons. The fourth-order valence-electron chi connectivity index (χ4n) is 2.06. The van der Waals surface area contributed by atoms with E-state index in [1.165, 1.54) is 6.42 Å². The van der Waals surface area contributed by atoms with E-state index in [2.05, 4.69) is 5.32 Å². The second kappa shape index (κ2) is 6.08. The first-order valence-electron chi connectivity index (χ1n) is 5.82. The molecule has 4 heteroatoms. The van der Waals surface area contributed by atoms with Crippen molar-refractivity contribution in [2.75, 3.05) is 6.61 Å². The lowest BCUT2D eigenvalue weighted by molar-refractivity contribution is -0.126. The molecule has 1 amide bonds. The number of rotatable bonds is 3. The topological polar surface area (TPSA) is 75.3 Å². The molecule has 15 heavy (non-hydrogen) atoms. The van der Waals surface area contributed by atoms with Gasteiger partial charge in [0.15, 0.2) is 0 Å². The van der Waals surface area contributed by atoms with Crippen LogP contribution in [0.4, 0.5) is 0 Å². The molecule has 0 bridgehead atoms. The summed E-state index contributed by atoms with van der Waals surface area (Å²) in [5.41, 5.74) is 5.97. The molecule has 2 unspecified atom stereocenters. The third-order valence-electron chi connectivity index (χ3n) is 3.07. The first-order valence-corrected chi connectivity index (χ1v) is 5.82. The minimum atomic E-state index is -0.173. The Kier molecular flexibility index (Phi) is 5.05. The predicted molar refractivity (Wildman–Crippen MR) is 59.2 cm³/mol. The number of hydrogen-bond donors (Lipinski definition) is 3. The molecule has 0 saturated heterocycles. The molecule has 3 atom stereocenters. The van der Waals surface area contributed by atoms with Crippen LogP contribution in [0.5, 0.6) is 0 Å². The Labute approximate surface area is 91.2 Å². The molecular formula is C11H22N2O2. The Morgan fingerprint density at radius 2 is 2.13 bits per heavy atom. The predicted octanol–water partition coefficient (Wildman–Crippen LogP) is 0.391. The largest absolute Gasteiger partial charge is 0.394 e. The van der Waals surface area contributed by atoms with Crippen LogP contribution in [0, 0.1) is 5.92 Å². The van der Waals surface area contributed by atoms with E-state index in [9.17, 15) is 4.79 Å². The molecule has 0 aromatic heterocycles. The van der Waals surface area contributed by atoms with Gasteiger partial charge in [0.1, 0.15) is 0 Å². The molecule has 4 N–H and O–H groups in total. The molecule has 0 radical (unpaired) electrons. The highest BCUT2D eigenvalue weighted by molar-refractivity contribution is 5.79. The van der Waals surface area contributed by atoms with Crippen molar-refractivity contribution in [2.45, 2.75) is 51.1 Å². The average Bonchev–Trinajstić information content (AvgIpc) is 2.42. The zero-order chi connectivity index (χ0) is 11.3. The van der Waals surface area contributed by atoms with Crippen LogP contribution in [0.3, 0.4) is 0 Å². The Balaban J connectivity index is 2.48. The monoisotopic (exact) mass is 214 g/mol. The summed E-state index contributed by atoms with van der Waals surface area (Å²) in [6.07, 6.45) is 5.20. The van der Waals surface area contributed by atoms with Crippen molar-refractivity contribution >= 4 is 5.91 Å². The second-order valence-electron chi connectivity index (χ2n) is 4.50. The average molecular weight is 214 g/mol. The molecule has 1 aliphatic carbocycles. The Hall–Kier alpha value is -0.610. The van der Waals surface area contributed by atoms with E-state index in [4.69, 9.17) is 10.8 Å². The summed E-state index contributed by atoms with van der Waals surface area (Å²) in [7, 11) is 0. The summed E-state index contributed by atoms with van der Waals surface area (Å²) in [4.78, 5) is 11.8. The van der Waals surface area contributed by atoms with Crippen LogP contribution in [0.1, 0.15) is 39.0 Å². The van der Waals surface area contributed by atoms with E-state index < -0.39 is 0 Å². The van der Waals surface area contributed by atoms with Gasteiger partial charge in [0.05, 0.1) is 12.5 Å². The minimum absolute atomic E-state index is 0.00551. The van der Waals surface area contributed by atoms with Gasteiger partial charge in [0.2, 0.25) is 5.91 Å². The van der Waals surface area contributed by atoms with Crippen LogP contribution >= 0.6 is 0 Å². The first-order chi connectivity index (χ1) is 7.15. The zero-order valence-electron chi connectivity index (χ0n) is 9.41. The lowest BCUT2D eigenvalue weighted by atomic mass is 9.94. The van der Waals surface area contributed by atoms with Crippen molar-refractivity contribution < 1.29 is 9.90 Å². The normalized spacial score (nSPS) is 29.3. The highest BCUT2D eigenvalue weighted by Crippen LogP contribution is 2.22. The third kappa shape index (κ3) is 3.80. The van der Waals surface area contributed by atoms with Crippen molar-refractivity contribution in [1.82, 2.24) is 5.32 Å². The number of nitrogens with one attached hydrogen (secondary N) is 1. The summed E-state index contributed by atoms with van der Waals surface area (Å²) in [6.45, 7) is 1.77. The van der Waals surface area contributed by atoms with Crippen LogP contribution < -0.4 is 11.1 Å². The highest BCUT2D eigenvalue weighted by atomic mass is 16.3. The molecule has 4 nitrogen and oxygen atoms in total. The maximum Gasteiger partial charge on any atom is 0.224 e. The van der Waals surface area contributed by atoms with E-state index in [1.54, 1.807) is 6.92 Å². The maximum atomic E-state index is 11.8.